The Morgan fingerprint density at radius 2 is 0.815 bits per heavy atom. The van der Waals surface area contributed by atoms with Crippen molar-refractivity contribution >= 4 is 56.9 Å². The van der Waals surface area contributed by atoms with Gasteiger partial charge in [0.25, 0.3) is 0 Å². The van der Waals surface area contributed by atoms with Crippen molar-refractivity contribution in [1.29, 1.82) is 0 Å². The van der Waals surface area contributed by atoms with Gasteiger partial charge >= 0.3 is 0 Å². The van der Waals surface area contributed by atoms with Crippen molar-refractivity contribution in [2.45, 2.75) is 19.6 Å². The molecule has 6 heteroatoms. The molecule has 5 nitrogen and oxygen atoms in total. The molecular formula is C48H37N5Si. The Bertz CT molecular complexity index is 2950. The molecule has 0 amide bonds. The summed E-state index contributed by atoms with van der Waals surface area (Å²) in [6.07, 6.45) is 0. The van der Waals surface area contributed by atoms with Crippen molar-refractivity contribution in [3.05, 3.63) is 170 Å². The van der Waals surface area contributed by atoms with Crippen molar-refractivity contribution in [3.8, 4) is 45.5 Å². The van der Waals surface area contributed by atoms with Gasteiger partial charge in [0.2, 0.25) is 5.95 Å². The van der Waals surface area contributed by atoms with Crippen LogP contribution in [0, 0.1) is 0 Å². The van der Waals surface area contributed by atoms with Gasteiger partial charge in [0, 0.05) is 38.4 Å². The smallest absolute Gasteiger partial charge is 0.238 e. The molecule has 54 heavy (non-hydrogen) atoms. The maximum atomic E-state index is 5.10. The summed E-state index contributed by atoms with van der Waals surface area (Å²) in [6.45, 7) is 7.20. The molecule has 3 heterocycles. The van der Waals surface area contributed by atoms with Gasteiger partial charge in [-0.3, -0.25) is 4.57 Å². The Morgan fingerprint density at radius 1 is 0.370 bits per heavy atom. The Hall–Kier alpha value is -6.63. The summed E-state index contributed by atoms with van der Waals surface area (Å²) in [5.41, 5.74) is 9.93. The summed E-state index contributed by atoms with van der Waals surface area (Å²) in [7, 11) is -1.40. The zero-order chi connectivity index (χ0) is 36.4. The maximum Gasteiger partial charge on any atom is 0.238 e. The fourth-order valence-electron chi connectivity index (χ4n) is 7.81. The summed E-state index contributed by atoms with van der Waals surface area (Å²) < 4.78 is 4.58. The highest BCUT2D eigenvalue weighted by Gasteiger charge is 2.20. The highest BCUT2D eigenvalue weighted by molar-refractivity contribution is 6.88. The van der Waals surface area contributed by atoms with Crippen LogP contribution in [0.5, 0.6) is 0 Å². The van der Waals surface area contributed by atoms with E-state index in [2.05, 4.69) is 138 Å². The van der Waals surface area contributed by atoms with Gasteiger partial charge in [-0.15, -0.1) is 0 Å². The Morgan fingerprint density at radius 3 is 1.33 bits per heavy atom. The van der Waals surface area contributed by atoms with Crippen LogP contribution in [0.1, 0.15) is 0 Å². The van der Waals surface area contributed by atoms with Crippen LogP contribution < -0.4 is 5.19 Å². The van der Waals surface area contributed by atoms with Gasteiger partial charge in [0.05, 0.1) is 30.1 Å². The van der Waals surface area contributed by atoms with Crippen LogP contribution in [0.25, 0.3) is 89.2 Å². The number of hydrogen-bond donors (Lipinski definition) is 0. The van der Waals surface area contributed by atoms with Gasteiger partial charge in [-0.05, 0) is 59.7 Å². The standard InChI is InChI=1S/C48H37N5Si/c1-54(2,3)37-26-24-36(25-27-37)52-42-20-12-10-18-38(42)40-30-34(22-28-44(40)52)35-23-29-45-41(31-35)39-19-11-13-21-43(39)53(45)48-50-46(32-14-6-4-7-15-32)49-47(51-48)33-16-8-5-9-17-33/h4-31H,1-3H3. The Balaban J connectivity index is 1.14. The molecule has 0 aliphatic rings. The summed E-state index contributed by atoms with van der Waals surface area (Å²) in [4.78, 5) is 15.1. The van der Waals surface area contributed by atoms with Gasteiger partial charge in [0.15, 0.2) is 11.6 Å². The number of rotatable bonds is 6. The number of benzene rings is 7. The van der Waals surface area contributed by atoms with Crippen LogP contribution in [0.3, 0.4) is 0 Å². The van der Waals surface area contributed by atoms with Gasteiger partial charge in [0.1, 0.15) is 0 Å². The van der Waals surface area contributed by atoms with Gasteiger partial charge in [-0.1, -0.05) is 146 Å². The van der Waals surface area contributed by atoms with Crippen LogP contribution in [-0.2, 0) is 0 Å². The normalized spacial score (nSPS) is 12.0. The van der Waals surface area contributed by atoms with Crippen molar-refractivity contribution < 1.29 is 0 Å². The summed E-state index contributed by atoms with van der Waals surface area (Å²) >= 11 is 0. The molecule has 10 aromatic rings. The minimum absolute atomic E-state index is 0.591. The lowest BCUT2D eigenvalue weighted by Crippen LogP contribution is -2.37. The zero-order valence-electron chi connectivity index (χ0n) is 30.4. The Kier molecular flexibility index (Phi) is 7.42. The van der Waals surface area contributed by atoms with Crippen molar-refractivity contribution in [3.63, 3.8) is 0 Å². The first-order valence-electron chi connectivity index (χ1n) is 18.5. The summed E-state index contributed by atoms with van der Waals surface area (Å²) in [5, 5.41) is 6.26. The van der Waals surface area contributed by atoms with Crippen LogP contribution in [-0.4, -0.2) is 32.2 Å². The molecule has 258 valence electrons. The SMILES string of the molecule is C[Si](C)(C)c1ccc(-n2c3ccccc3c3cc(-c4ccc5c(c4)c4ccccc4n5-c4nc(-c5ccccc5)nc(-c5ccccc5)n4)ccc32)cc1. The third-order valence-electron chi connectivity index (χ3n) is 10.6. The molecule has 0 atom stereocenters. The lowest BCUT2D eigenvalue weighted by Gasteiger charge is -2.17. The zero-order valence-corrected chi connectivity index (χ0v) is 31.4. The maximum absolute atomic E-state index is 5.10. The van der Waals surface area contributed by atoms with Crippen LogP contribution in [0.4, 0.5) is 0 Å². The topological polar surface area (TPSA) is 48.5 Å². The second-order valence-electron chi connectivity index (χ2n) is 15.0. The highest BCUT2D eigenvalue weighted by atomic mass is 28.3. The predicted octanol–water partition coefficient (Wildman–Crippen LogP) is 11.6. The molecule has 0 N–H and O–H groups in total. The minimum atomic E-state index is -1.40. The summed E-state index contributed by atoms with van der Waals surface area (Å²) in [5.74, 6) is 1.87. The average Bonchev–Trinajstić information content (AvgIpc) is 3.73. The van der Waals surface area contributed by atoms with E-state index in [1.54, 1.807) is 0 Å². The van der Waals surface area contributed by atoms with Gasteiger partial charge in [-0.2, -0.15) is 9.97 Å². The highest BCUT2D eigenvalue weighted by Crippen LogP contribution is 2.38. The monoisotopic (exact) mass is 711 g/mol. The largest absolute Gasteiger partial charge is 0.309 e. The first kappa shape index (κ1) is 32.1. The second-order valence-corrected chi connectivity index (χ2v) is 20.1. The molecule has 0 spiro atoms. The van der Waals surface area contributed by atoms with E-state index < -0.39 is 8.07 Å². The number of hydrogen-bond acceptors (Lipinski definition) is 3. The molecule has 10 rings (SSSR count). The van der Waals surface area contributed by atoms with E-state index >= 15 is 0 Å². The molecule has 0 saturated carbocycles. The first-order chi connectivity index (χ1) is 26.4. The quantitative estimate of drug-likeness (QED) is 0.161. The van der Waals surface area contributed by atoms with E-state index in [9.17, 15) is 0 Å². The average molecular weight is 712 g/mol. The third kappa shape index (κ3) is 5.34. The van der Waals surface area contributed by atoms with Crippen LogP contribution in [0.15, 0.2) is 170 Å². The van der Waals surface area contributed by atoms with E-state index in [0.717, 1.165) is 38.5 Å². The molecule has 0 aliphatic carbocycles. The molecule has 7 aromatic carbocycles. The second kappa shape index (κ2) is 12.5. The molecule has 0 unspecified atom stereocenters. The van der Waals surface area contributed by atoms with Crippen LogP contribution >= 0.6 is 0 Å². The van der Waals surface area contributed by atoms with Crippen LogP contribution in [0.2, 0.25) is 19.6 Å². The number of nitrogens with zero attached hydrogens (tertiary/aromatic N) is 5. The Labute approximate surface area is 314 Å². The van der Waals surface area contributed by atoms with E-state index in [1.165, 1.54) is 38.2 Å². The first-order valence-corrected chi connectivity index (χ1v) is 22.0. The third-order valence-corrected chi connectivity index (χ3v) is 12.6. The van der Waals surface area contributed by atoms with Crippen molar-refractivity contribution in [1.82, 2.24) is 24.1 Å². The number of para-hydroxylation sites is 2. The molecule has 0 radical (unpaired) electrons. The fourth-order valence-corrected chi connectivity index (χ4v) is 8.97. The van der Waals surface area contributed by atoms with Gasteiger partial charge in [-0.25, -0.2) is 4.98 Å². The lowest BCUT2D eigenvalue weighted by molar-refractivity contribution is 0.953. The van der Waals surface area contributed by atoms with E-state index in [4.69, 9.17) is 15.0 Å². The summed E-state index contributed by atoms with van der Waals surface area (Å²) in [6, 6.07) is 60.4. The molecule has 0 fully saturated rings. The van der Waals surface area contributed by atoms with Crippen molar-refractivity contribution in [2.75, 3.05) is 0 Å². The molecule has 3 aromatic heterocycles. The van der Waals surface area contributed by atoms with E-state index in [1.807, 2.05) is 60.7 Å². The molecular weight excluding hydrogens is 675 g/mol. The minimum Gasteiger partial charge on any atom is -0.309 e. The fraction of sp³-hybridized carbons (Fsp3) is 0.0625. The van der Waals surface area contributed by atoms with Gasteiger partial charge < -0.3 is 4.57 Å². The van der Waals surface area contributed by atoms with Crippen molar-refractivity contribution in [2.24, 2.45) is 0 Å². The lowest BCUT2D eigenvalue weighted by atomic mass is 10.0. The number of aromatic nitrogens is 5. The number of fused-ring (bicyclic) bond motifs is 6. The molecule has 0 saturated heterocycles. The molecule has 0 aliphatic heterocycles. The van der Waals surface area contributed by atoms with E-state index in [0.29, 0.717) is 17.6 Å². The van der Waals surface area contributed by atoms with E-state index in [-0.39, 0.29) is 0 Å². The molecule has 0 bridgehead atoms. The predicted molar refractivity (Wildman–Crippen MR) is 228 cm³/mol.